The number of anilines is 3. The number of hydrogen-bond acceptors (Lipinski definition) is 6. The highest BCUT2D eigenvalue weighted by Gasteiger charge is 2.48. The second-order valence-electron chi connectivity index (χ2n) is 10.4. The largest absolute Gasteiger partial charge is 0.480 e. The molecule has 0 radical (unpaired) electrons. The van der Waals surface area contributed by atoms with Crippen LogP contribution in [-0.2, 0) is 15.7 Å². The van der Waals surface area contributed by atoms with Gasteiger partial charge >= 0.3 is 12.1 Å². The van der Waals surface area contributed by atoms with E-state index in [9.17, 15) is 18.0 Å². The minimum atomic E-state index is -4.73. The lowest BCUT2D eigenvalue weighted by atomic mass is 10.0. The van der Waals surface area contributed by atoms with Crippen molar-refractivity contribution in [3.05, 3.63) is 77.9 Å². The van der Waals surface area contributed by atoms with Crippen LogP contribution in [0.25, 0.3) is 11.1 Å². The van der Waals surface area contributed by atoms with E-state index in [0.29, 0.717) is 12.3 Å². The zero-order valence-corrected chi connectivity index (χ0v) is 24.4. The SMILES string of the molecule is CC1(C)C(=N)N(c2ccc(C#N)c(C(F)(F)F)c2)C(=S)N1c1ccc(-c2ccc(NCCCCOCC(=O)O)cc2)cc1. The summed E-state index contributed by atoms with van der Waals surface area (Å²) in [6.07, 6.45) is -3.15. The third-order valence-corrected chi connectivity index (χ3v) is 7.41. The van der Waals surface area contributed by atoms with Crippen LogP contribution in [0.2, 0.25) is 0 Å². The summed E-state index contributed by atoms with van der Waals surface area (Å²) in [6.45, 7) is 4.39. The monoisotopic (exact) mass is 609 g/mol. The third kappa shape index (κ3) is 6.96. The highest BCUT2D eigenvalue weighted by molar-refractivity contribution is 7.81. The van der Waals surface area contributed by atoms with Crippen molar-refractivity contribution in [2.24, 2.45) is 0 Å². The lowest BCUT2D eigenvalue weighted by Crippen LogP contribution is -2.44. The zero-order valence-electron chi connectivity index (χ0n) is 23.5. The number of amidine groups is 1. The molecule has 1 saturated heterocycles. The molecule has 0 unspecified atom stereocenters. The number of nitrogens with one attached hydrogen (secondary N) is 2. The molecule has 1 aliphatic rings. The van der Waals surface area contributed by atoms with E-state index in [-0.39, 0.29) is 23.2 Å². The molecule has 1 aliphatic heterocycles. The molecule has 3 aromatic rings. The van der Waals surface area contributed by atoms with Gasteiger partial charge in [0, 0.05) is 24.5 Å². The molecule has 0 spiro atoms. The van der Waals surface area contributed by atoms with Gasteiger partial charge in [0.2, 0.25) is 0 Å². The fraction of sp³-hybridized carbons (Fsp3) is 0.290. The number of aliphatic carboxylic acids is 1. The van der Waals surface area contributed by atoms with Crippen molar-refractivity contribution in [1.82, 2.24) is 0 Å². The highest BCUT2D eigenvalue weighted by atomic mass is 32.1. The maximum atomic E-state index is 13.6. The summed E-state index contributed by atoms with van der Waals surface area (Å²) in [5.74, 6) is -0.968. The van der Waals surface area contributed by atoms with Crippen LogP contribution < -0.4 is 15.1 Å². The van der Waals surface area contributed by atoms with Crippen LogP contribution in [0.1, 0.15) is 37.8 Å². The van der Waals surface area contributed by atoms with E-state index < -0.39 is 28.8 Å². The smallest absolute Gasteiger partial charge is 0.417 e. The van der Waals surface area contributed by atoms with Crippen LogP contribution in [0.3, 0.4) is 0 Å². The number of halogens is 3. The molecule has 224 valence electrons. The number of nitrogens with zero attached hydrogens (tertiary/aromatic N) is 3. The molecular formula is C31H30F3N5O3S. The number of ether oxygens (including phenoxy) is 1. The minimum Gasteiger partial charge on any atom is -0.480 e. The normalized spacial score (nSPS) is 14.6. The van der Waals surface area contributed by atoms with Crippen molar-refractivity contribution in [3.63, 3.8) is 0 Å². The van der Waals surface area contributed by atoms with Crippen molar-refractivity contribution >= 4 is 46.2 Å². The number of carboxylic acid groups (broad SMARTS) is 1. The topological polar surface area (TPSA) is 113 Å². The number of rotatable bonds is 11. The van der Waals surface area contributed by atoms with Crippen molar-refractivity contribution in [2.45, 2.75) is 38.4 Å². The highest BCUT2D eigenvalue weighted by Crippen LogP contribution is 2.40. The van der Waals surface area contributed by atoms with Gasteiger partial charge in [0.25, 0.3) is 0 Å². The maximum Gasteiger partial charge on any atom is 0.417 e. The summed E-state index contributed by atoms with van der Waals surface area (Å²) >= 11 is 5.69. The number of unbranched alkanes of at least 4 members (excludes halogenated alkanes) is 1. The Hall–Kier alpha value is -4.47. The van der Waals surface area contributed by atoms with E-state index in [0.717, 1.165) is 48.3 Å². The van der Waals surface area contributed by atoms with Crippen LogP contribution in [-0.4, -0.2) is 47.3 Å². The summed E-state index contributed by atoms with van der Waals surface area (Å²) in [5, 5.41) is 30.0. The van der Waals surface area contributed by atoms with Gasteiger partial charge in [0.05, 0.1) is 28.4 Å². The fourth-order valence-electron chi connectivity index (χ4n) is 4.80. The van der Waals surface area contributed by atoms with E-state index in [4.69, 9.17) is 32.7 Å². The minimum absolute atomic E-state index is 0.00952. The summed E-state index contributed by atoms with van der Waals surface area (Å²) in [7, 11) is 0. The van der Waals surface area contributed by atoms with Crippen molar-refractivity contribution in [3.8, 4) is 17.2 Å². The van der Waals surface area contributed by atoms with Crippen LogP contribution >= 0.6 is 12.2 Å². The first kappa shape index (κ1) is 31.5. The van der Waals surface area contributed by atoms with E-state index in [1.54, 1.807) is 24.8 Å². The van der Waals surface area contributed by atoms with Crippen molar-refractivity contribution in [2.75, 3.05) is 34.9 Å². The molecule has 4 rings (SSSR count). The second-order valence-corrected chi connectivity index (χ2v) is 10.8. The molecule has 0 atom stereocenters. The first-order valence-electron chi connectivity index (χ1n) is 13.4. The molecule has 12 heteroatoms. The Kier molecular flexibility index (Phi) is 9.37. The van der Waals surface area contributed by atoms with E-state index >= 15 is 0 Å². The Morgan fingerprint density at radius 1 is 1.05 bits per heavy atom. The van der Waals surface area contributed by atoms with Gasteiger partial charge in [-0.1, -0.05) is 24.3 Å². The molecule has 3 aromatic carbocycles. The maximum absolute atomic E-state index is 13.6. The summed E-state index contributed by atoms with van der Waals surface area (Å²) in [4.78, 5) is 13.5. The summed E-state index contributed by atoms with van der Waals surface area (Å²) in [5.41, 5.74) is 1.09. The van der Waals surface area contributed by atoms with Crippen LogP contribution in [0.4, 0.5) is 30.2 Å². The number of benzene rings is 3. The van der Waals surface area contributed by atoms with Crippen molar-refractivity contribution in [1.29, 1.82) is 10.7 Å². The number of carbonyl (C=O) groups is 1. The number of carboxylic acids is 1. The Morgan fingerprint density at radius 3 is 2.23 bits per heavy atom. The number of thiocarbonyl (C=S) groups is 1. The summed E-state index contributed by atoms with van der Waals surface area (Å²) < 4.78 is 45.9. The lowest BCUT2D eigenvalue weighted by molar-refractivity contribution is -0.142. The summed E-state index contributed by atoms with van der Waals surface area (Å²) in [6, 6.07) is 20.4. The van der Waals surface area contributed by atoms with E-state index in [1.165, 1.54) is 11.0 Å². The number of hydrogen-bond donors (Lipinski definition) is 3. The molecule has 1 heterocycles. The molecule has 0 bridgehead atoms. The van der Waals surface area contributed by atoms with Crippen molar-refractivity contribution < 1.29 is 27.8 Å². The molecule has 43 heavy (non-hydrogen) atoms. The first-order chi connectivity index (χ1) is 20.3. The Morgan fingerprint density at radius 2 is 1.65 bits per heavy atom. The average Bonchev–Trinajstić information content (AvgIpc) is 3.14. The van der Waals surface area contributed by atoms with Gasteiger partial charge in [0.1, 0.15) is 12.4 Å². The molecule has 8 nitrogen and oxygen atoms in total. The first-order valence-corrected chi connectivity index (χ1v) is 13.8. The number of nitriles is 1. The van der Waals surface area contributed by atoms with Gasteiger partial charge in [-0.2, -0.15) is 18.4 Å². The fourth-order valence-corrected chi connectivity index (χ4v) is 5.33. The molecule has 0 saturated carbocycles. The van der Waals surface area contributed by atoms with Gasteiger partial charge < -0.3 is 20.1 Å². The molecule has 0 aromatic heterocycles. The second kappa shape index (κ2) is 12.8. The molecule has 1 fully saturated rings. The third-order valence-electron chi connectivity index (χ3n) is 7.05. The van der Waals surface area contributed by atoms with Crippen LogP contribution in [0.5, 0.6) is 0 Å². The quantitative estimate of drug-likeness (QED) is 0.159. The average molecular weight is 610 g/mol. The molecule has 0 amide bonds. The van der Waals surface area contributed by atoms with Gasteiger partial charge in [-0.05, 0) is 92.5 Å². The van der Waals surface area contributed by atoms with Crippen LogP contribution in [0, 0.1) is 16.7 Å². The Labute approximate surface area is 252 Å². The van der Waals surface area contributed by atoms with Gasteiger partial charge in [-0.25, -0.2) is 4.79 Å². The molecular weight excluding hydrogens is 579 g/mol. The van der Waals surface area contributed by atoms with Gasteiger partial charge in [0.15, 0.2) is 5.11 Å². The number of alkyl halides is 3. The standard InChI is InChI=1S/C31H30F3N5O3S/c1-30(2)28(36)38(25-14-9-22(18-35)26(17-25)31(32,33)34)29(43)39(30)24-12-7-21(8-13-24)20-5-10-23(11-6-20)37-15-3-4-16-42-19-27(40)41/h5-14,17,36-37H,3-4,15-16,19H2,1-2H3,(H,40,41). The Balaban J connectivity index is 1.45. The molecule has 0 aliphatic carbocycles. The lowest BCUT2D eigenvalue weighted by Gasteiger charge is -2.30. The Bertz CT molecular complexity index is 1550. The van der Waals surface area contributed by atoms with Gasteiger partial charge in [-0.3, -0.25) is 10.3 Å². The predicted octanol–water partition coefficient (Wildman–Crippen LogP) is 6.90. The molecule has 3 N–H and O–H groups in total. The van der Waals surface area contributed by atoms with Gasteiger partial charge in [-0.15, -0.1) is 0 Å². The zero-order chi connectivity index (χ0) is 31.4. The van der Waals surface area contributed by atoms with E-state index in [2.05, 4.69) is 5.32 Å². The predicted molar refractivity (Wildman–Crippen MR) is 164 cm³/mol. The van der Waals surface area contributed by atoms with Crippen LogP contribution in [0.15, 0.2) is 66.7 Å². The van der Waals surface area contributed by atoms with E-state index in [1.807, 2.05) is 48.5 Å².